The van der Waals surface area contributed by atoms with Gasteiger partial charge in [-0.1, -0.05) is 6.07 Å². The highest BCUT2D eigenvalue weighted by molar-refractivity contribution is 9.10. The van der Waals surface area contributed by atoms with Crippen molar-refractivity contribution in [3.8, 4) is 0 Å². The highest BCUT2D eigenvalue weighted by Crippen LogP contribution is 2.28. The van der Waals surface area contributed by atoms with Crippen LogP contribution in [-0.2, 0) is 0 Å². The predicted molar refractivity (Wildman–Crippen MR) is 69.3 cm³/mol. The molecule has 2 aromatic rings. The molecule has 1 N–H and O–H groups in total. The summed E-state index contributed by atoms with van der Waals surface area (Å²) in [4.78, 5) is 0. The second-order valence-electron chi connectivity index (χ2n) is 4.20. The Morgan fingerprint density at radius 3 is 2.32 bits per heavy atom. The van der Waals surface area contributed by atoms with E-state index in [1.807, 2.05) is 0 Å². The first kappa shape index (κ1) is 14.1. The van der Waals surface area contributed by atoms with E-state index in [1.165, 1.54) is 19.1 Å². The highest BCUT2D eigenvalue weighted by atomic mass is 79.9. The molecule has 0 saturated heterocycles. The molecule has 0 bridgehead atoms. The molecule has 0 fully saturated rings. The minimum absolute atomic E-state index is 0.150. The van der Waals surface area contributed by atoms with Crippen LogP contribution in [0.3, 0.4) is 0 Å². The van der Waals surface area contributed by atoms with Gasteiger partial charge < -0.3 is 5.11 Å². The van der Waals surface area contributed by atoms with E-state index >= 15 is 0 Å². The molecular formula is C14H10BrF3O. The fourth-order valence-electron chi connectivity index (χ4n) is 1.73. The van der Waals surface area contributed by atoms with Gasteiger partial charge in [0.25, 0.3) is 0 Å². The van der Waals surface area contributed by atoms with Crippen molar-refractivity contribution < 1.29 is 18.3 Å². The standard InChI is InChI=1S/C14H10BrF3O/c1-7-4-13(18)9(6-12(7)17)14(19)8-2-3-11(16)10(15)5-8/h2-6,14,19H,1H3. The number of hydrogen-bond donors (Lipinski definition) is 1. The SMILES string of the molecule is Cc1cc(F)c(C(O)c2ccc(F)c(Br)c2)cc1F. The summed E-state index contributed by atoms with van der Waals surface area (Å²) >= 11 is 2.98. The molecule has 100 valence electrons. The van der Waals surface area contributed by atoms with Crippen molar-refractivity contribution in [1.82, 2.24) is 0 Å². The Hall–Kier alpha value is -1.33. The number of aliphatic hydroxyl groups excluding tert-OH is 1. The minimum Gasteiger partial charge on any atom is -0.384 e. The molecule has 0 saturated carbocycles. The van der Waals surface area contributed by atoms with Gasteiger partial charge in [-0.25, -0.2) is 13.2 Å². The van der Waals surface area contributed by atoms with Gasteiger partial charge in [-0.3, -0.25) is 0 Å². The smallest absolute Gasteiger partial charge is 0.137 e. The van der Waals surface area contributed by atoms with Gasteiger partial charge in [0.05, 0.1) is 4.47 Å². The van der Waals surface area contributed by atoms with Crippen LogP contribution in [0.15, 0.2) is 34.8 Å². The zero-order chi connectivity index (χ0) is 14.2. The third-order valence-electron chi connectivity index (χ3n) is 2.83. The van der Waals surface area contributed by atoms with Crippen LogP contribution in [0.5, 0.6) is 0 Å². The van der Waals surface area contributed by atoms with Crippen molar-refractivity contribution in [1.29, 1.82) is 0 Å². The average molecular weight is 331 g/mol. The fourth-order valence-corrected chi connectivity index (χ4v) is 2.13. The maximum atomic E-state index is 13.7. The molecular weight excluding hydrogens is 321 g/mol. The first-order valence-corrected chi connectivity index (χ1v) is 6.28. The predicted octanol–water partition coefficient (Wildman–Crippen LogP) is 4.26. The van der Waals surface area contributed by atoms with E-state index in [-0.39, 0.29) is 21.2 Å². The van der Waals surface area contributed by atoms with Crippen molar-refractivity contribution in [2.75, 3.05) is 0 Å². The molecule has 2 rings (SSSR count). The Morgan fingerprint density at radius 1 is 1.00 bits per heavy atom. The zero-order valence-corrected chi connectivity index (χ0v) is 11.5. The Bertz CT molecular complexity index is 628. The quantitative estimate of drug-likeness (QED) is 0.872. The third-order valence-corrected chi connectivity index (χ3v) is 3.44. The summed E-state index contributed by atoms with van der Waals surface area (Å²) in [6.07, 6.45) is -1.35. The first-order valence-electron chi connectivity index (χ1n) is 5.48. The van der Waals surface area contributed by atoms with Gasteiger partial charge in [0.1, 0.15) is 23.6 Å². The lowest BCUT2D eigenvalue weighted by Gasteiger charge is -2.14. The van der Waals surface area contributed by atoms with Gasteiger partial charge in [-0.15, -0.1) is 0 Å². The summed E-state index contributed by atoms with van der Waals surface area (Å²) in [6, 6.07) is 5.77. The summed E-state index contributed by atoms with van der Waals surface area (Å²) in [5.74, 6) is -1.80. The summed E-state index contributed by atoms with van der Waals surface area (Å²) in [5, 5.41) is 10.1. The van der Waals surface area contributed by atoms with Crippen LogP contribution in [0, 0.1) is 24.4 Å². The van der Waals surface area contributed by atoms with Crippen LogP contribution in [0.1, 0.15) is 22.8 Å². The summed E-state index contributed by atoms with van der Waals surface area (Å²) in [5.41, 5.74) is 0.255. The van der Waals surface area contributed by atoms with Crippen LogP contribution in [0.2, 0.25) is 0 Å². The van der Waals surface area contributed by atoms with Crippen molar-refractivity contribution in [2.45, 2.75) is 13.0 Å². The first-order chi connectivity index (χ1) is 8.90. The molecule has 1 nitrogen and oxygen atoms in total. The molecule has 0 amide bonds. The van der Waals surface area contributed by atoms with Crippen LogP contribution < -0.4 is 0 Å². The molecule has 0 aliphatic heterocycles. The zero-order valence-electron chi connectivity index (χ0n) is 9.92. The largest absolute Gasteiger partial charge is 0.384 e. The van der Waals surface area contributed by atoms with Gasteiger partial charge in [0, 0.05) is 5.56 Å². The van der Waals surface area contributed by atoms with Crippen LogP contribution in [-0.4, -0.2) is 5.11 Å². The number of rotatable bonds is 2. The number of halogens is 4. The second kappa shape index (κ2) is 5.35. The molecule has 1 atom stereocenters. The van der Waals surface area contributed by atoms with Crippen molar-refractivity contribution in [3.63, 3.8) is 0 Å². The van der Waals surface area contributed by atoms with Gasteiger partial charge in [0.2, 0.25) is 0 Å². The topological polar surface area (TPSA) is 20.2 Å². The Labute approximate surface area is 116 Å². The van der Waals surface area contributed by atoms with Crippen LogP contribution in [0.4, 0.5) is 13.2 Å². The number of aryl methyl sites for hydroxylation is 1. The maximum absolute atomic E-state index is 13.7. The van der Waals surface area contributed by atoms with E-state index in [4.69, 9.17) is 0 Å². The minimum atomic E-state index is -1.35. The molecule has 0 radical (unpaired) electrons. The molecule has 2 aromatic carbocycles. The summed E-state index contributed by atoms with van der Waals surface area (Å²) in [7, 11) is 0. The normalized spacial score (nSPS) is 12.5. The number of aliphatic hydroxyl groups is 1. The molecule has 0 aliphatic carbocycles. The summed E-state index contributed by atoms with van der Waals surface area (Å²) in [6.45, 7) is 1.43. The lowest BCUT2D eigenvalue weighted by atomic mass is 9.99. The molecule has 0 aromatic heterocycles. The molecule has 0 spiro atoms. The Kier molecular flexibility index (Phi) is 3.96. The number of hydrogen-bond acceptors (Lipinski definition) is 1. The van der Waals surface area contributed by atoms with E-state index in [0.29, 0.717) is 0 Å². The van der Waals surface area contributed by atoms with E-state index < -0.39 is 23.6 Å². The van der Waals surface area contributed by atoms with Crippen molar-refractivity contribution in [2.24, 2.45) is 0 Å². The second-order valence-corrected chi connectivity index (χ2v) is 5.05. The lowest BCUT2D eigenvalue weighted by Crippen LogP contribution is -2.04. The Morgan fingerprint density at radius 2 is 1.68 bits per heavy atom. The maximum Gasteiger partial charge on any atom is 0.137 e. The van der Waals surface area contributed by atoms with E-state index in [2.05, 4.69) is 15.9 Å². The summed E-state index contributed by atoms with van der Waals surface area (Å²) < 4.78 is 40.4. The van der Waals surface area contributed by atoms with Crippen LogP contribution >= 0.6 is 15.9 Å². The van der Waals surface area contributed by atoms with Crippen molar-refractivity contribution in [3.05, 3.63) is 68.9 Å². The Balaban J connectivity index is 2.46. The highest BCUT2D eigenvalue weighted by Gasteiger charge is 2.18. The molecule has 0 aliphatic rings. The fraction of sp³-hybridized carbons (Fsp3) is 0.143. The molecule has 19 heavy (non-hydrogen) atoms. The number of benzene rings is 2. The van der Waals surface area contributed by atoms with Gasteiger partial charge in [-0.2, -0.15) is 0 Å². The van der Waals surface area contributed by atoms with E-state index in [9.17, 15) is 18.3 Å². The van der Waals surface area contributed by atoms with Crippen molar-refractivity contribution >= 4 is 15.9 Å². The van der Waals surface area contributed by atoms with Gasteiger partial charge >= 0.3 is 0 Å². The van der Waals surface area contributed by atoms with E-state index in [0.717, 1.165) is 18.2 Å². The lowest BCUT2D eigenvalue weighted by molar-refractivity contribution is 0.214. The molecule has 5 heteroatoms. The average Bonchev–Trinajstić information content (AvgIpc) is 2.36. The third kappa shape index (κ3) is 2.82. The monoisotopic (exact) mass is 330 g/mol. The van der Waals surface area contributed by atoms with Gasteiger partial charge in [0.15, 0.2) is 0 Å². The van der Waals surface area contributed by atoms with Crippen LogP contribution in [0.25, 0.3) is 0 Å². The van der Waals surface area contributed by atoms with Gasteiger partial charge in [-0.05, 0) is 58.2 Å². The molecule has 1 unspecified atom stereocenters. The van der Waals surface area contributed by atoms with E-state index in [1.54, 1.807) is 0 Å². The molecule has 0 heterocycles.